The number of nitrogens with zero attached hydrogens (tertiary/aromatic N) is 3. The topological polar surface area (TPSA) is 28.6 Å². The molecule has 8 heteroatoms. The van der Waals surface area contributed by atoms with Gasteiger partial charge in [-0.25, -0.2) is 9.29 Å². The van der Waals surface area contributed by atoms with Crippen LogP contribution in [0.3, 0.4) is 0 Å². The number of likely N-dealkylation sites (tertiary alicyclic amines) is 1. The third-order valence-corrected chi connectivity index (χ3v) is 6.06. The largest absolute Gasteiger partial charge is 0.433 e. The molecule has 4 nitrogen and oxygen atoms in total. The molecular formula is C16H20F3N3OS. The normalized spacial score (nSPS) is 24.5. The maximum atomic E-state index is 12.7. The molecule has 1 aromatic heterocycles. The van der Waals surface area contributed by atoms with E-state index in [1.54, 1.807) is 6.92 Å². The van der Waals surface area contributed by atoms with E-state index >= 15 is 0 Å². The van der Waals surface area contributed by atoms with Crippen molar-refractivity contribution in [1.29, 1.82) is 0 Å². The number of ether oxygens (including phenoxy) is 1. The molecular weight excluding hydrogens is 339 g/mol. The number of hydrogen-bond donors (Lipinski definition) is 0. The molecule has 0 aromatic carbocycles. The Bertz CT molecular complexity index is 621. The summed E-state index contributed by atoms with van der Waals surface area (Å²) in [5.41, 5.74) is 0.0141. The highest BCUT2D eigenvalue weighted by atomic mass is 32.2. The fraction of sp³-hybridized carbons (Fsp3) is 0.688. The van der Waals surface area contributed by atoms with Gasteiger partial charge in [-0.05, 0) is 31.0 Å². The van der Waals surface area contributed by atoms with Crippen LogP contribution in [0.1, 0.15) is 11.4 Å². The Morgan fingerprint density at radius 2 is 1.96 bits per heavy atom. The van der Waals surface area contributed by atoms with Crippen molar-refractivity contribution in [2.75, 3.05) is 45.9 Å². The lowest BCUT2D eigenvalue weighted by molar-refractivity contribution is -0.141. The first-order valence-corrected chi connectivity index (χ1v) is 8.88. The summed E-state index contributed by atoms with van der Waals surface area (Å²) >= 11 is 1.52. The van der Waals surface area contributed by atoms with Crippen LogP contribution in [-0.4, -0.2) is 60.1 Å². The van der Waals surface area contributed by atoms with Gasteiger partial charge in [0.25, 0.3) is 0 Å². The van der Waals surface area contributed by atoms with Crippen molar-refractivity contribution in [3.05, 3.63) is 23.5 Å². The molecule has 0 bridgehead atoms. The Morgan fingerprint density at radius 3 is 2.50 bits per heavy atom. The molecule has 4 heterocycles. The minimum Gasteiger partial charge on any atom is -0.381 e. The number of pyridine rings is 1. The fourth-order valence-corrected chi connectivity index (χ4v) is 4.96. The van der Waals surface area contributed by atoms with Crippen LogP contribution in [-0.2, 0) is 10.9 Å². The van der Waals surface area contributed by atoms with Gasteiger partial charge in [0, 0.05) is 49.0 Å². The Labute approximate surface area is 143 Å². The van der Waals surface area contributed by atoms with Gasteiger partial charge in [0.15, 0.2) is 0 Å². The SMILES string of the molecule is Cc1nc(C(F)(F)F)ccc1SN1CC2(CN(CC3COC3)C2)C1. The molecule has 24 heavy (non-hydrogen) atoms. The Hall–Kier alpha value is -0.830. The first kappa shape index (κ1) is 16.6. The summed E-state index contributed by atoms with van der Waals surface area (Å²) in [7, 11) is 0. The number of alkyl halides is 3. The van der Waals surface area contributed by atoms with Crippen LogP contribution in [0, 0.1) is 18.3 Å². The van der Waals surface area contributed by atoms with Crippen molar-refractivity contribution in [2.45, 2.75) is 18.0 Å². The monoisotopic (exact) mass is 359 g/mol. The number of aromatic nitrogens is 1. The molecule has 0 atom stereocenters. The predicted octanol–water partition coefficient (Wildman–Crippen LogP) is 2.68. The summed E-state index contributed by atoms with van der Waals surface area (Å²) in [6.45, 7) is 8.81. The molecule has 0 aliphatic carbocycles. The highest BCUT2D eigenvalue weighted by Gasteiger charge is 2.52. The smallest absolute Gasteiger partial charge is 0.381 e. The van der Waals surface area contributed by atoms with Crippen LogP contribution < -0.4 is 0 Å². The highest BCUT2D eigenvalue weighted by Crippen LogP contribution is 2.45. The molecule has 0 unspecified atom stereocenters. The third kappa shape index (κ3) is 3.16. The van der Waals surface area contributed by atoms with E-state index in [1.165, 1.54) is 18.0 Å². The van der Waals surface area contributed by atoms with Gasteiger partial charge in [-0.2, -0.15) is 13.2 Å². The summed E-state index contributed by atoms with van der Waals surface area (Å²) in [5.74, 6) is 0.703. The van der Waals surface area contributed by atoms with Gasteiger partial charge < -0.3 is 9.64 Å². The second-order valence-electron chi connectivity index (χ2n) is 7.24. The lowest BCUT2D eigenvalue weighted by Gasteiger charge is -2.60. The predicted molar refractivity (Wildman–Crippen MR) is 84.6 cm³/mol. The maximum absolute atomic E-state index is 12.7. The van der Waals surface area contributed by atoms with E-state index in [4.69, 9.17) is 4.74 Å². The Balaban J connectivity index is 1.26. The van der Waals surface area contributed by atoms with E-state index in [-0.39, 0.29) is 0 Å². The van der Waals surface area contributed by atoms with Crippen LogP contribution in [0.5, 0.6) is 0 Å². The van der Waals surface area contributed by atoms with Gasteiger partial charge in [0.05, 0.1) is 18.9 Å². The molecule has 1 spiro atoms. The molecule has 0 saturated carbocycles. The minimum atomic E-state index is -4.38. The quantitative estimate of drug-likeness (QED) is 0.771. The zero-order valence-corrected chi connectivity index (χ0v) is 14.3. The number of hydrogen-bond acceptors (Lipinski definition) is 5. The van der Waals surface area contributed by atoms with Crippen LogP contribution in [0.25, 0.3) is 0 Å². The second kappa shape index (κ2) is 5.86. The van der Waals surface area contributed by atoms with Crippen molar-refractivity contribution in [2.24, 2.45) is 11.3 Å². The lowest BCUT2D eigenvalue weighted by atomic mass is 9.74. The molecule has 0 N–H and O–H groups in total. The van der Waals surface area contributed by atoms with E-state index < -0.39 is 11.9 Å². The van der Waals surface area contributed by atoms with Gasteiger partial charge in [-0.1, -0.05) is 0 Å². The second-order valence-corrected chi connectivity index (χ2v) is 8.38. The first-order chi connectivity index (χ1) is 11.3. The van der Waals surface area contributed by atoms with Crippen LogP contribution >= 0.6 is 11.9 Å². The Morgan fingerprint density at radius 1 is 1.25 bits per heavy atom. The van der Waals surface area contributed by atoms with Crippen LogP contribution in [0.15, 0.2) is 17.0 Å². The van der Waals surface area contributed by atoms with Gasteiger partial charge in [-0.15, -0.1) is 0 Å². The summed E-state index contributed by atoms with van der Waals surface area (Å²) in [4.78, 5) is 6.99. The standard InChI is InChI=1S/C16H20F3N3OS/c1-11-13(2-3-14(20-11)16(17,18)19)24-22-9-15(10-22)7-21(8-15)4-12-5-23-6-12/h2-3,12H,4-10H2,1H3. The molecule has 3 aliphatic heterocycles. The van der Waals surface area contributed by atoms with Crippen molar-refractivity contribution in [3.8, 4) is 0 Å². The summed E-state index contributed by atoms with van der Waals surface area (Å²) < 4.78 is 45.4. The summed E-state index contributed by atoms with van der Waals surface area (Å²) in [6.07, 6.45) is -4.38. The fourth-order valence-electron chi connectivity index (χ4n) is 3.69. The van der Waals surface area contributed by atoms with E-state index in [2.05, 4.69) is 14.2 Å². The molecule has 4 rings (SSSR count). The summed E-state index contributed by atoms with van der Waals surface area (Å²) in [6, 6.07) is 2.60. The number of aryl methyl sites for hydroxylation is 1. The molecule has 3 saturated heterocycles. The van der Waals surface area contributed by atoms with Gasteiger partial charge in [0.2, 0.25) is 0 Å². The molecule has 3 fully saturated rings. The van der Waals surface area contributed by atoms with Crippen molar-refractivity contribution < 1.29 is 17.9 Å². The van der Waals surface area contributed by atoms with Crippen molar-refractivity contribution in [3.63, 3.8) is 0 Å². The first-order valence-electron chi connectivity index (χ1n) is 8.11. The average molecular weight is 359 g/mol. The van der Waals surface area contributed by atoms with E-state index in [9.17, 15) is 13.2 Å². The zero-order chi connectivity index (χ0) is 16.9. The molecule has 0 radical (unpaired) electrons. The van der Waals surface area contributed by atoms with Gasteiger partial charge in [0.1, 0.15) is 5.69 Å². The maximum Gasteiger partial charge on any atom is 0.433 e. The molecule has 132 valence electrons. The van der Waals surface area contributed by atoms with E-state index in [0.29, 0.717) is 17.0 Å². The third-order valence-electron chi connectivity index (χ3n) is 4.92. The van der Waals surface area contributed by atoms with Gasteiger partial charge >= 0.3 is 6.18 Å². The van der Waals surface area contributed by atoms with E-state index in [1.807, 2.05) is 0 Å². The molecule has 0 amide bonds. The number of rotatable bonds is 4. The molecule has 3 aliphatic rings. The van der Waals surface area contributed by atoms with E-state index in [0.717, 1.165) is 56.9 Å². The zero-order valence-electron chi connectivity index (χ0n) is 13.5. The minimum absolute atomic E-state index is 0.394. The number of halogens is 3. The van der Waals surface area contributed by atoms with Crippen molar-refractivity contribution in [1.82, 2.24) is 14.2 Å². The molecule has 1 aromatic rings. The van der Waals surface area contributed by atoms with Crippen LogP contribution in [0.4, 0.5) is 13.2 Å². The Kier molecular flexibility index (Phi) is 4.06. The van der Waals surface area contributed by atoms with Crippen LogP contribution in [0.2, 0.25) is 0 Å². The lowest BCUT2D eigenvalue weighted by Crippen LogP contribution is -2.71. The summed E-state index contributed by atoms with van der Waals surface area (Å²) in [5, 5.41) is 0. The highest BCUT2D eigenvalue weighted by molar-refractivity contribution is 7.97. The average Bonchev–Trinajstić information content (AvgIpc) is 2.37. The van der Waals surface area contributed by atoms with Crippen molar-refractivity contribution >= 4 is 11.9 Å². The van der Waals surface area contributed by atoms with Gasteiger partial charge in [-0.3, -0.25) is 0 Å².